The Bertz CT molecular complexity index is 1050. The molecule has 1 aliphatic rings. The molecule has 0 aliphatic carbocycles. The summed E-state index contributed by atoms with van der Waals surface area (Å²) in [7, 11) is 1.69. The van der Waals surface area contributed by atoms with Crippen LogP contribution in [0.4, 0.5) is 0 Å². The van der Waals surface area contributed by atoms with E-state index in [1.54, 1.807) is 25.5 Å². The third-order valence-corrected chi connectivity index (χ3v) is 4.66. The van der Waals surface area contributed by atoms with Crippen LogP contribution in [0.5, 0.6) is 0 Å². The van der Waals surface area contributed by atoms with Gasteiger partial charge in [0.05, 0.1) is 18.4 Å². The fraction of sp³-hybridized carbons (Fsp3) is 0.333. The van der Waals surface area contributed by atoms with Crippen LogP contribution < -0.4 is 10.9 Å². The molecule has 0 saturated carbocycles. The lowest BCUT2D eigenvalue weighted by molar-refractivity contribution is 0.0782. The van der Waals surface area contributed by atoms with Gasteiger partial charge >= 0.3 is 0 Å². The maximum absolute atomic E-state index is 12.8. The van der Waals surface area contributed by atoms with Crippen molar-refractivity contribution < 1.29 is 4.79 Å². The van der Waals surface area contributed by atoms with Gasteiger partial charge in [0, 0.05) is 44.6 Å². The van der Waals surface area contributed by atoms with Crippen LogP contribution in [0, 0.1) is 6.92 Å². The minimum atomic E-state index is -0.353. The molecule has 0 unspecified atom stereocenters. The molecule has 0 saturated heterocycles. The summed E-state index contributed by atoms with van der Waals surface area (Å²) in [5.41, 5.74) is 3.23. The molecule has 4 rings (SSSR count). The molecule has 1 N–H and O–H groups in total. The van der Waals surface area contributed by atoms with E-state index in [1.807, 2.05) is 17.7 Å². The monoisotopic (exact) mass is 352 g/mol. The first kappa shape index (κ1) is 16.5. The van der Waals surface area contributed by atoms with Gasteiger partial charge in [-0.3, -0.25) is 18.7 Å². The van der Waals surface area contributed by atoms with Crippen molar-refractivity contribution in [3.8, 4) is 0 Å². The molecule has 3 aromatic heterocycles. The fourth-order valence-electron chi connectivity index (χ4n) is 3.23. The molecule has 8 nitrogen and oxygen atoms in total. The van der Waals surface area contributed by atoms with Crippen LogP contribution in [0.25, 0.3) is 5.65 Å². The maximum Gasteiger partial charge on any atom is 0.270 e. The molecule has 134 valence electrons. The molecule has 0 fully saturated rings. The molecule has 3 aromatic rings. The Morgan fingerprint density at radius 3 is 3.04 bits per heavy atom. The zero-order chi connectivity index (χ0) is 18.3. The molecule has 4 heterocycles. The largest absolute Gasteiger partial charge is 0.337 e. The van der Waals surface area contributed by atoms with E-state index in [0.29, 0.717) is 12.2 Å². The minimum absolute atomic E-state index is 0.0646. The van der Waals surface area contributed by atoms with E-state index >= 15 is 0 Å². The average Bonchev–Trinajstić information content (AvgIpc) is 3.05. The number of pyridine rings is 1. The van der Waals surface area contributed by atoms with Crippen LogP contribution >= 0.6 is 0 Å². The first-order chi connectivity index (χ1) is 12.5. The first-order valence-electron chi connectivity index (χ1n) is 8.52. The van der Waals surface area contributed by atoms with Gasteiger partial charge in [0.2, 0.25) is 0 Å². The Hall–Kier alpha value is -3.00. The van der Waals surface area contributed by atoms with Crippen molar-refractivity contribution in [1.82, 2.24) is 29.4 Å². The summed E-state index contributed by atoms with van der Waals surface area (Å²) >= 11 is 0. The van der Waals surface area contributed by atoms with Gasteiger partial charge in [0.25, 0.3) is 11.5 Å². The predicted octanol–water partition coefficient (Wildman–Crippen LogP) is 0.575. The van der Waals surface area contributed by atoms with Gasteiger partial charge in [-0.25, -0.2) is 4.98 Å². The normalized spacial score (nSPS) is 13.6. The van der Waals surface area contributed by atoms with Crippen LogP contribution in [-0.4, -0.2) is 43.6 Å². The van der Waals surface area contributed by atoms with E-state index in [9.17, 15) is 9.59 Å². The standard InChI is InChI=1S/C18H20N6O2/c1-12-3-4-16-20-8-14(18(26)23(16)10-12)17(25)22(2)11-13-7-21-24-6-5-19-9-15(13)24/h3-4,7-8,10,19H,5-6,9,11H2,1-2H3. The van der Waals surface area contributed by atoms with E-state index in [0.717, 1.165) is 36.5 Å². The summed E-state index contributed by atoms with van der Waals surface area (Å²) in [6.45, 7) is 4.73. The van der Waals surface area contributed by atoms with Crippen LogP contribution in [0.2, 0.25) is 0 Å². The number of aromatic nitrogens is 4. The maximum atomic E-state index is 12.8. The van der Waals surface area contributed by atoms with Crippen LogP contribution in [0.15, 0.2) is 35.5 Å². The number of aryl methyl sites for hydroxylation is 1. The summed E-state index contributed by atoms with van der Waals surface area (Å²) in [5, 5.41) is 7.68. The first-order valence-corrected chi connectivity index (χ1v) is 8.52. The molecule has 0 spiro atoms. The molecular weight excluding hydrogens is 332 g/mol. The van der Waals surface area contributed by atoms with E-state index in [-0.39, 0.29) is 17.0 Å². The van der Waals surface area contributed by atoms with Crippen LogP contribution in [0.3, 0.4) is 0 Å². The van der Waals surface area contributed by atoms with Gasteiger partial charge in [0.15, 0.2) is 0 Å². The van der Waals surface area contributed by atoms with E-state index in [2.05, 4.69) is 15.4 Å². The zero-order valence-corrected chi connectivity index (χ0v) is 14.8. The van der Waals surface area contributed by atoms with Crippen LogP contribution in [-0.2, 0) is 19.6 Å². The second-order valence-corrected chi connectivity index (χ2v) is 6.59. The van der Waals surface area contributed by atoms with Gasteiger partial charge in [0.1, 0.15) is 11.2 Å². The van der Waals surface area contributed by atoms with Crippen molar-refractivity contribution in [2.24, 2.45) is 0 Å². The highest BCUT2D eigenvalue weighted by Crippen LogP contribution is 2.14. The Kier molecular flexibility index (Phi) is 4.04. The highest BCUT2D eigenvalue weighted by Gasteiger charge is 2.21. The van der Waals surface area contributed by atoms with E-state index < -0.39 is 0 Å². The number of nitrogens with one attached hydrogen (secondary N) is 1. The number of amides is 1. The number of nitrogens with zero attached hydrogens (tertiary/aromatic N) is 5. The third kappa shape index (κ3) is 2.78. The average molecular weight is 352 g/mol. The summed E-state index contributed by atoms with van der Waals surface area (Å²) in [5.74, 6) is -0.345. The fourth-order valence-corrected chi connectivity index (χ4v) is 3.23. The van der Waals surface area contributed by atoms with Crippen molar-refractivity contribution >= 4 is 11.6 Å². The van der Waals surface area contributed by atoms with E-state index in [4.69, 9.17) is 0 Å². The van der Waals surface area contributed by atoms with Gasteiger partial charge in [-0.1, -0.05) is 6.07 Å². The van der Waals surface area contributed by atoms with Crippen molar-refractivity contribution in [1.29, 1.82) is 0 Å². The molecule has 8 heteroatoms. The lowest BCUT2D eigenvalue weighted by atomic mass is 10.2. The summed E-state index contributed by atoms with van der Waals surface area (Å²) < 4.78 is 3.38. The molecule has 0 radical (unpaired) electrons. The molecule has 0 aromatic carbocycles. The lowest BCUT2D eigenvalue weighted by Gasteiger charge is -2.20. The lowest BCUT2D eigenvalue weighted by Crippen LogP contribution is -2.34. The van der Waals surface area contributed by atoms with Gasteiger partial charge in [-0.15, -0.1) is 0 Å². The molecule has 1 aliphatic heterocycles. The van der Waals surface area contributed by atoms with Crippen molar-refractivity contribution in [3.63, 3.8) is 0 Å². The zero-order valence-electron chi connectivity index (χ0n) is 14.8. The quantitative estimate of drug-likeness (QED) is 0.745. The second-order valence-electron chi connectivity index (χ2n) is 6.59. The predicted molar refractivity (Wildman–Crippen MR) is 95.9 cm³/mol. The summed E-state index contributed by atoms with van der Waals surface area (Å²) in [6, 6.07) is 3.65. The molecular formula is C18H20N6O2. The SMILES string of the molecule is Cc1ccc2ncc(C(=O)N(C)Cc3cnn4c3CNCC4)c(=O)n2c1. The number of hydrogen-bond donors (Lipinski definition) is 1. The molecule has 0 bridgehead atoms. The Morgan fingerprint density at radius 1 is 1.35 bits per heavy atom. The van der Waals surface area contributed by atoms with Crippen LogP contribution in [0.1, 0.15) is 27.2 Å². The summed E-state index contributed by atoms with van der Waals surface area (Å²) in [6.07, 6.45) is 4.85. The van der Waals surface area contributed by atoms with Gasteiger partial charge in [-0.05, 0) is 18.6 Å². The number of hydrogen-bond acceptors (Lipinski definition) is 5. The number of carbonyl (C=O) groups excluding carboxylic acids is 1. The second kappa shape index (κ2) is 6.38. The highest BCUT2D eigenvalue weighted by atomic mass is 16.2. The van der Waals surface area contributed by atoms with E-state index in [1.165, 1.54) is 15.5 Å². The Labute approximate surface area is 150 Å². The van der Waals surface area contributed by atoms with Gasteiger partial charge < -0.3 is 10.2 Å². The van der Waals surface area contributed by atoms with Crippen molar-refractivity contribution in [2.75, 3.05) is 13.6 Å². The highest BCUT2D eigenvalue weighted by molar-refractivity contribution is 5.93. The topological polar surface area (TPSA) is 84.5 Å². The summed E-state index contributed by atoms with van der Waals surface area (Å²) in [4.78, 5) is 31.3. The Morgan fingerprint density at radius 2 is 2.19 bits per heavy atom. The van der Waals surface area contributed by atoms with Gasteiger partial charge in [-0.2, -0.15) is 5.10 Å². The Balaban J connectivity index is 1.63. The van der Waals surface area contributed by atoms with Crippen molar-refractivity contribution in [3.05, 3.63) is 63.5 Å². The molecule has 1 amide bonds. The third-order valence-electron chi connectivity index (χ3n) is 4.66. The smallest absolute Gasteiger partial charge is 0.270 e. The number of carbonyl (C=O) groups is 1. The molecule has 0 atom stereocenters. The minimum Gasteiger partial charge on any atom is -0.337 e. The number of rotatable bonds is 3. The number of fused-ring (bicyclic) bond motifs is 2. The molecule has 26 heavy (non-hydrogen) atoms. The van der Waals surface area contributed by atoms with Crippen molar-refractivity contribution in [2.45, 2.75) is 26.6 Å².